The summed E-state index contributed by atoms with van der Waals surface area (Å²) in [4.78, 5) is 2.39. The van der Waals surface area contributed by atoms with Gasteiger partial charge in [0.15, 0.2) is 0 Å². The Morgan fingerprint density at radius 3 is 2.30 bits per heavy atom. The summed E-state index contributed by atoms with van der Waals surface area (Å²) in [7, 11) is -1.47. The number of rotatable bonds is 4. The number of piperazine rings is 1. The van der Waals surface area contributed by atoms with Gasteiger partial charge >= 0.3 is 0 Å². The molecule has 0 atom stereocenters. The number of sulfonamides is 1. The Hall–Kier alpha value is -0.890. The van der Waals surface area contributed by atoms with E-state index >= 15 is 0 Å². The molecular weight excluding hydrogens is 278 g/mol. The first-order valence-corrected chi connectivity index (χ1v) is 8.30. The van der Waals surface area contributed by atoms with E-state index < -0.39 is 10.0 Å². The van der Waals surface area contributed by atoms with Crippen molar-refractivity contribution in [2.75, 3.05) is 33.2 Å². The van der Waals surface area contributed by atoms with Crippen LogP contribution in [0.2, 0.25) is 0 Å². The lowest BCUT2D eigenvalue weighted by atomic mass is 10.3. The minimum absolute atomic E-state index is 0.119. The van der Waals surface area contributed by atoms with E-state index in [9.17, 15) is 13.5 Å². The van der Waals surface area contributed by atoms with Crippen LogP contribution >= 0.6 is 0 Å². The smallest absolute Gasteiger partial charge is 0.244 e. The average Bonchev–Trinajstić information content (AvgIpc) is 2.84. The van der Waals surface area contributed by atoms with Crippen LogP contribution in [0.5, 0.6) is 0 Å². The number of hydrogen-bond donors (Lipinski definition) is 1. The number of aliphatic hydroxyl groups is 1. The van der Waals surface area contributed by atoms with Crippen LogP contribution in [0.4, 0.5) is 0 Å². The Morgan fingerprint density at radius 2 is 1.85 bits per heavy atom. The summed E-state index contributed by atoms with van der Waals surface area (Å²) in [6.45, 7) is 6.29. The SMILES string of the molecule is CC(C)n1cc(S(=O)(=O)N2CCN(C)CC2)cc1CO. The molecule has 1 aliphatic heterocycles. The summed E-state index contributed by atoms with van der Waals surface area (Å²) in [6, 6.07) is 1.70. The van der Waals surface area contributed by atoms with Crippen LogP contribution in [-0.4, -0.2) is 60.5 Å². The monoisotopic (exact) mass is 301 g/mol. The standard InChI is InChI=1S/C13H23N3O3S/c1-11(2)16-9-13(8-12(16)10-17)20(18,19)15-6-4-14(3)5-7-15/h8-9,11,17H,4-7,10H2,1-3H3. The third kappa shape index (κ3) is 2.90. The van der Waals surface area contributed by atoms with Gasteiger partial charge < -0.3 is 14.6 Å². The van der Waals surface area contributed by atoms with Crippen LogP contribution in [0.15, 0.2) is 17.2 Å². The van der Waals surface area contributed by atoms with E-state index in [4.69, 9.17) is 0 Å². The highest BCUT2D eigenvalue weighted by molar-refractivity contribution is 7.89. The Bertz CT molecular complexity index is 557. The van der Waals surface area contributed by atoms with Crippen molar-refractivity contribution in [2.24, 2.45) is 0 Å². The number of aliphatic hydroxyl groups excluding tert-OH is 1. The first kappa shape index (κ1) is 15.5. The minimum atomic E-state index is -3.46. The number of nitrogens with zero attached hydrogens (tertiary/aromatic N) is 3. The van der Waals surface area contributed by atoms with E-state index in [-0.39, 0.29) is 17.5 Å². The second-order valence-corrected chi connectivity index (χ2v) is 7.47. The zero-order chi connectivity index (χ0) is 14.9. The molecule has 20 heavy (non-hydrogen) atoms. The summed E-state index contributed by atoms with van der Waals surface area (Å²) in [6.07, 6.45) is 1.63. The fourth-order valence-electron chi connectivity index (χ4n) is 2.42. The summed E-state index contributed by atoms with van der Waals surface area (Å²) < 4.78 is 28.6. The highest BCUT2D eigenvalue weighted by Gasteiger charge is 2.29. The Labute approximate surface area is 120 Å². The van der Waals surface area contributed by atoms with Gasteiger partial charge in [-0.2, -0.15) is 4.31 Å². The predicted octanol–water partition coefficient (Wildman–Crippen LogP) is 0.497. The molecule has 0 bridgehead atoms. The molecule has 1 N–H and O–H groups in total. The Morgan fingerprint density at radius 1 is 1.25 bits per heavy atom. The Kier molecular flexibility index (Phi) is 4.53. The fourth-order valence-corrected chi connectivity index (χ4v) is 3.90. The molecule has 0 aromatic carbocycles. The molecule has 1 aromatic rings. The van der Waals surface area contributed by atoms with Crippen LogP contribution in [0.3, 0.4) is 0 Å². The topological polar surface area (TPSA) is 65.8 Å². The van der Waals surface area contributed by atoms with Gasteiger partial charge in [0.1, 0.15) is 4.90 Å². The molecule has 0 spiro atoms. The number of aromatic nitrogens is 1. The lowest BCUT2D eigenvalue weighted by Crippen LogP contribution is -2.46. The van der Waals surface area contributed by atoms with Gasteiger partial charge in [-0.3, -0.25) is 0 Å². The van der Waals surface area contributed by atoms with Crippen molar-refractivity contribution in [3.05, 3.63) is 18.0 Å². The van der Waals surface area contributed by atoms with Crippen molar-refractivity contribution >= 4 is 10.0 Å². The molecule has 6 nitrogen and oxygen atoms in total. The van der Waals surface area contributed by atoms with Crippen LogP contribution < -0.4 is 0 Å². The second kappa shape index (κ2) is 5.85. The molecule has 0 unspecified atom stereocenters. The van der Waals surface area contributed by atoms with E-state index in [0.29, 0.717) is 18.8 Å². The van der Waals surface area contributed by atoms with E-state index in [1.165, 1.54) is 4.31 Å². The third-order valence-corrected chi connectivity index (χ3v) is 5.59. The molecule has 0 saturated carbocycles. The fraction of sp³-hybridized carbons (Fsp3) is 0.692. The molecule has 2 rings (SSSR count). The van der Waals surface area contributed by atoms with Crippen molar-refractivity contribution < 1.29 is 13.5 Å². The van der Waals surface area contributed by atoms with Crippen LogP contribution in [-0.2, 0) is 16.6 Å². The van der Waals surface area contributed by atoms with Gasteiger partial charge in [-0.25, -0.2) is 8.42 Å². The first-order chi connectivity index (χ1) is 9.36. The maximum atomic E-state index is 12.6. The molecule has 0 radical (unpaired) electrons. The van der Waals surface area contributed by atoms with Gasteiger partial charge in [-0.05, 0) is 27.0 Å². The molecular formula is C13H23N3O3S. The van der Waals surface area contributed by atoms with Crippen LogP contribution in [0.1, 0.15) is 25.6 Å². The zero-order valence-electron chi connectivity index (χ0n) is 12.3. The predicted molar refractivity (Wildman–Crippen MR) is 77.0 cm³/mol. The van der Waals surface area contributed by atoms with Gasteiger partial charge in [0.2, 0.25) is 10.0 Å². The van der Waals surface area contributed by atoms with E-state index in [0.717, 1.165) is 13.1 Å². The summed E-state index contributed by atoms with van der Waals surface area (Å²) >= 11 is 0. The van der Waals surface area contributed by atoms with Gasteiger partial charge in [-0.15, -0.1) is 0 Å². The summed E-state index contributed by atoms with van der Waals surface area (Å²) in [5, 5.41) is 9.36. The lowest BCUT2D eigenvalue weighted by Gasteiger charge is -2.31. The largest absolute Gasteiger partial charge is 0.390 e. The van der Waals surface area contributed by atoms with E-state index in [1.807, 2.05) is 25.5 Å². The number of hydrogen-bond acceptors (Lipinski definition) is 4. The quantitative estimate of drug-likeness (QED) is 0.879. The first-order valence-electron chi connectivity index (χ1n) is 6.86. The maximum Gasteiger partial charge on any atom is 0.244 e. The molecule has 1 aromatic heterocycles. The highest BCUT2D eigenvalue weighted by Crippen LogP contribution is 2.23. The van der Waals surface area contributed by atoms with Crippen LogP contribution in [0.25, 0.3) is 0 Å². The van der Waals surface area contributed by atoms with Crippen molar-refractivity contribution in [3.63, 3.8) is 0 Å². The normalized spacial score (nSPS) is 18.9. The molecule has 1 fully saturated rings. The molecule has 7 heteroatoms. The van der Waals surface area contributed by atoms with Crippen molar-refractivity contribution in [1.82, 2.24) is 13.8 Å². The Balaban J connectivity index is 2.30. The molecule has 1 aliphatic rings. The van der Waals surface area contributed by atoms with Crippen molar-refractivity contribution in [1.29, 1.82) is 0 Å². The molecule has 1 saturated heterocycles. The minimum Gasteiger partial charge on any atom is -0.390 e. The molecule has 0 amide bonds. The molecule has 0 aliphatic carbocycles. The average molecular weight is 301 g/mol. The van der Waals surface area contributed by atoms with E-state index in [1.54, 1.807) is 12.3 Å². The summed E-state index contributed by atoms with van der Waals surface area (Å²) in [5.74, 6) is 0. The van der Waals surface area contributed by atoms with Crippen molar-refractivity contribution in [3.8, 4) is 0 Å². The highest BCUT2D eigenvalue weighted by atomic mass is 32.2. The van der Waals surface area contributed by atoms with E-state index in [2.05, 4.69) is 4.90 Å². The van der Waals surface area contributed by atoms with Gasteiger partial charge in [-0.1, -0.05) is 0 Å². The van der Waals surface area contributed by atoms with Gasteiger partial charge in [0.25, 0.3) is 0 Å². The molecule has 2 heterocycles. The zero-order valence-corrected chi connectivity index (χ0v) is 13.1. The number of likely N-dealkylation sites (N-methyl/N-ethyl adjacent to an activating group) is 1. The van der Waals surface area contributed by atoms with Gasteiger partial charge in [0.05, 0.1) is 6.61 Å². The second-order valence-electron chi connectivity index (χ2n) is 5.53. The third-order valence-electron chi connectivity index (χ3n) is 3.73. The van der Waals surface area contributed by atoms with Crippen molar-refractivity contribution in [2.45, 2.75) is 31.4 Å². The maximum absolute atomic E-state index is 12.6. The molecule has 114 valence electrons. The van der Waals surface area contributed by atoms with Gasteiger partial charge in [0, 0.05) is 44.1 Å². The lowest BCUT2D eigenvalue weighted by molar-refractivity contribution is 0.222. The van der Waals surface area contributed by atoms with Crippen LogP contribution in [0, 0.1) is 0 Å². The summed E-state index contributed by atoms with van der Waals surface area (Å²) in [5.41, 5.74) is 0.632.